The average Bonchev–Trinajstić information content (AvgIpc) is 2.55. The third-order valence-corrected chi connectivity index (χ3v) is 4.27. The molecule has 0 aromatic carbocycles. The minimum atomic E-state index is -0.270. The van der Waals surface area contributed by atoms with Crippen molar-refractivity contribution in [2.24, 2.45) is 0 Å². The maximum atomic E-state index is 12.2. The second kappa shape index (κ2) is 7.19. The minimum absolute atomic E-state index is 0.189. The molecule has 0 aliphatic carbocycles. The second-order valence-electron chi connectivity index (χ2n) is 5.59. The van der Waals surface area contributed by atoms with E-state index in [4.69, 9.17) is 16.3 Å². The highest BCUT2D eigenvalue weighted by Crippen LogP contribution is 2.11. The molecular weight excluding hydrogens is 332 g/mol. The summed E-state index contributed by atoms with van der Waals surface area (Å²) in [5.74, 6) is 0. The van der Waals surface area contributed by atoms with Gasteiger partial charge in [0.1, 0.15) is 10.8 Å². The quantitative estimate of drug-likeness (QED) is 0.787. The number of pyridine rings is 1. The Labute approximate surface area is 144 Å². The van der Waals surface area contributed by atoms with Crippen molar-refractivity contribution >= 4 is 23.3 Å². The highest BCUT2D eigenvalue weighted by Gasteiger charge is 2.22. The van der Waals surface area contributed by atoms with Crippen LogP contribution in [0.3, 0.4) is 0 Å². The first kappa shape index (κ1) is 16.7. The summed E-state index contributed by atoms with van der Waals surface area (Å²) in [6, 6.07) is 6.70. The molecule has 24 heavy (non-hydrogen) atoms. The van der Waals surface area contributed by atoms with Crippen molar-refractivity contribution in [3.05, 3.63) is 45.5 Å². The molecule has 3 heterocycles. The maximum Gasteiger partial charge on any atom is 0.409 e. The van der Waals surface area contributed by atoms with E-state index < -0.39 is 0 Å². The molecule has 1 aliphatic rings. The van der Waals surface area contributed by atoms with Gasteiger partial charge in [-0.1, -0.05) is 17.7 Å². The predicted molar refractivity (Wildman–Crippen MR) is 90.3 cm³/mol. The summed E-state index contributed by atoms with van der Waals surface area (Å²) in [5, 5.41) is 0.347. The molecule has 1 saturated heterocycles. The standard InChI is InChI=1S/C16H19ClN4O3/c1-2-24-16(23)20-8-6-19(7-9-20)11-12-10-15(22)21-13(17)4-3-5-14(21)18-12/h3-5,10H,2,6-9,11H2,1H3. The third kappa shape index (κ3) is 3.52. The van der Waals surface area contributed by atoms with E-state index in [1.165, 1.54) is 10.5 Å². The van der Waals surface area contributed by atoms with Crippen molar-refractivity contribution in [1.29, 1.82) is 0 Å². The highest BCUT2D eigenvalue weighted by molar-refractivity contribution is 6.29. The molecule has 0 atom stereocenters. The maximum absolute atomic E-state index is 12.2. The first-order valence-electron chi connectivity index (χ1n) is 7.89. The topological polar surface area (TPSA) is 67.2 Å². The van der Waals surface area contributed by atoms with Crippen molar-refractivity contribution in [2.75, 3.05) is 32.8 Å². The highest BCUT2D eigenvalue weighted by atomic mass is 35.5. The van der Waals surface area contributed by atoms with Gasteiger partial charge in [0.05, 0.1) is 12.3 Å². The molecule has 0 unspecified atom stereocenters. The van der Waals surface area contributed by atoms with Crippen LogP contribution >= 0.6 is 11.6 Å². The van der Waals surface area contributed by atoms with Gasteiger partial charge in [-0.15, -0.1) is 0 Å². The Balaban J connectivity index is 1.69. The lowest BCUT2D eigenvalue weighted by atomic mass is 10.3. The van der Waals surface area contributed by atoms with E-state index in [1.54, 1.807) is 30.0 Å². The van der Waals surface area contributed by atoms with Gasteiger partial charge < -0.3 is 9.64 Å². The zero-order valence-corrected chi connectivity index (χ0v) is 14.2. The van der Waals surface area contributed by atoms with E-state index in [0.29, 0.717) is 42.7 Å². The molecule has 0 N–H and O–H groups in total. The summed E-state index contributed by atoms with van der Waals surface area (Å²) in [5.41, 5.74) is 1.05. The number of carbonyl (C=O) groups is 1. The lowest BCUT2D eigenvalue weighted by Gasteiger charge is -2.33. The number of rotatable bonds is 3. The van der Waals surface area contributed by atoms with Crippen LogP contribution in [0, 0.1) is 0 Å². The smallest absolute Gasteiger partial charge is 0.409 e. The van der Waals surface area contributed by atoms with E-state index in [1.807, 2.05) is 0 Å². The molecule has 128 valence electrons. The van der Waals surface area contributed by atoms with Gasteiger partial charge in [-0.05, 0) is 19.1 Å². The SMILES string of the molecule is CCOC(=O)N1CCN(Cc2cc(=O)n3c(Cl)cccc3n2)CC1. The number of fused-ring (bicyclic) bond motifs is 1. The Kier molecular flexibility index (Phi) is 5.01. The van der Waals surface area contributed by atoms with Crippen molar-refractivity contribution in [3.8, 4) is 0 Å². The van der Waals surface area contributed by atoms with Gasteiger partial charge in [-0.3, -0.25) is 14.1 Å². The number of ether oxygens (including phenoxy) is 1. The van der Waals surface area contributed by atoms with Gasteiger partial charge in [0, 0.05) is 38.8 Å². The molecule has 1 fully saturated rings. The number of hydrogen-bond acceptors (Lipinski definition) is 5. The summed E-state index contributed by atoms with van der Waals surface area (Å²) in [6.45, 7) is 5.39. The molecule has 8 heteroatoms. The van der Waals surface area contributed by atoms with Crippen LogP contribution in [0.4, 0.5) is 4.79 Å². The molecule has 0 radical (unpaired) electrons. The number of carbonyl (C=O) groups excluding carboxylic acids is 1. The minimum Gasteiger partial charge on any atom is -0.450 e. The number of nitrogens with zero attached hydrogens (tertiary/aromatic N) is 4. The Morgan fingerprint density at radius 3 is 2.75 bits per heavy atom. The Bertz CT molecular complexity index is 799. The molecule has 7 nitrogen and oxygen atoms in total. The summed E-state index contributed by atoms with van der Waals surface area (Å²) >= 11 is 6.04. The summed E-state index contributed by atoms with van der Waals surface area (Å²) in [7, 11) is 0. The number of halogens is 1. The third-order valence-electron chi connectivity index (χ3n) is 3.97. The van der Waals surface area contributed by atoms with Crippen LogP contribution in [0.15, 0.2) is 29.1 Å². The summed E-state index contributed by atoms with van der Waals surface area (Å²) in [6.07, 6.45) is -0.270. The Hall–Kier alpha value is -2.12. The molecule has 2 aromatic rings. The van der Waals surface area contributed by atoms with Crippen LogP contribution in [0.1, 0.15) is 12.6 Å². The molecule has 0 saturated carbocycles. The zero-order chi connectivity index (χ0) is 17.1. The lowest BCUT2D eigenvalue weighted by molar-refractivity contribution is 0.0775. The van der Waals surface area contributed by atoms with Gasteiger partial charge in [-0.2, -0.15) is 0 Å². The lowest BCUT2D eigenvalue weighted by Crippen LogP contribution is -2.48. The zero-order valence-electron chi connectivity index (χ0n) is 13.4. The van der Waals surface area contributed by atoms with Gasteiger partial charge in [0.2, 0.25) is 0 Å². The fourth-order valence-electron chi connectivity index (χ4n) is 2.78. The van der Waals surface area contributed by atoms with Crippen LogP contribution in [-0.2, 0) is 11.3 Å². The van der Waals surface area contributed by atoms with Gasteiger partial charge in [0.15, 0.2) is 0 Å². The summed E-state index contributed by atoms with van der Waals surface area (Å²) < 4.78 is 6.39. The molecule has 0 bridgehead atoms. The van der Waals surface area contributed by atoms with Crippen molar-refractivity contribution in [2.45, 2.75) is 13.5 Å². The summed E-state index contributed by atoms with van der Waals surface area (Å²) in [4.78, 5) is 32.3. The first-order chi connectivity index (χ1) is 11.6. The van der Waals surface area contributed by atoms with E-state index in [0.717, 1.165) is 13.1 Å². The van der Waals surface area contributed by atoms with Crippen LogP contribution in [-0.4, -0.2) is 58.1 Å². The Morgan fingerprint density at radius 1 is 1.29 bits per heavy atom. The molecule has 3 rings (SSSR count). The molecule has 1 amide bonds. The number of amides is 1. The fourth-order valence-corrected chi connectivity index (χ4v) is 3.02. The van der Waals surface area contributed by atoms with Crippen molar-refractivity contribution in [1.82, 2.24) is 19.2 Å². The second-order valence-corrected chi connectivity index (χ2v) is 5.98. The van der Waals surface area contributed by atoms with E-state index in [2.05, 4.69) is 9.88 Å². The van der Waals surface area contributed by atoms with Crippen LogP contribution in [0.2, 0.25) is 5.15 Å². The first-order valence-corrected chi connectivity index (χ1v) is 8.27. The molecule has 2 aromatic heterocycles. The molecular formula is C16H19ClN4O3. The average molecular weight is 351 g/mol. The van der Waals surface area contributed by atoms with E-state index in [9.17, 15) is 9.59 Å². The van der Waals surface area contributed by atoms with Gasteiger partial charge >= 0.3 is 6.09 Å². The number of piperazine rings is 1. The van der Waals surface area contributed by atoms with Crippen molar-refractivity contribution < 1.29 is 9.53 Å². The van der Waals surface area contributed by atoms with Crippen LogP contribution < -0.4 is 5.56 Å². The van der Waals surface area contributed by atoms with Gasteiger partial charge in [-0.25, -0.2) is 9.78 Å². The predicted octanol–water partition coefficient (Wildman–Crippen LogP) is 1.62. The van der Waals surface area contributed by atoms with Crippen LogP contribution in [0.5, 0.6) is 0 Å². The fraction of sp³-hybridized carbons (Fsp3) is 0.438. The Morgan fingerprint density at radius 2 is 2.04 bits per heavy atom. The number of aromatic nitrogens is 2. The van der Waals surface area contributed by atoms with E-state index in [-0.39, 0.29) is 11.7 Å². The van der Waals surface area contributed by atoms with Gasteiger partial charge in [0.25, 0.3) is 5.56 Å². The van der Waals surface area contributed by atoms with E-state index >= 15 is 0 Å². The van der Waals surface area contributed by atoms with Crippen LogP contribution in [0.25, 0.3) is 5.65 Å². The number of hydrogen-bond donors (Lipinski definition) is 0. The normalized spacial score (nSPS) is 15.7. The monoisotopic (exact) mass is 350 g/mol. The molecule has 1 aliphatic heterocycles. The largest absolute Gasteiger partial charge is 0.450 e. The molecule has 0 spiro atoms. The van der Waals surface area contributed by atoms with Crippen molar-refractivity contribution in [3.63, 3.8) is 0 Å².